The van der Waals surface area contributed by atoms with Crippen LogP contribution in [0.25, 0.3) is 0 Å². The number of pyridine rings is 1. The van der Waals surface area contributed by atoms with E-state index in [4.69, 9.17) is 9.52 Å². The van der Waals surface area contributed by atoms with Gasteiger partial charge in [0.1, 0.15) is 4.90 Å². The molecule has 0 aliphatic heterocycles. The van der Waals surface area contributed by atoms with Gasteiger partial charge in [-0.25, -0.2) is 13.2 Å². The first-order valence-corrected chi connectivity index (χ1v) is 7.13. The molecule has 0 aliphatic rings. The highest BCUT2D eigenvalue weighted by Gasteiger charge is 2.24. The van der Waals surface area contributed by atoms with Crippen LogP contribution < -0.4 is 4.72 Å². The summed E-state index contributed by atoms with van der Waals surface area (Å²) < 4.78 is 30.9. The predicted molar refractivity (Wildman–Crippen MR) is 68.4 cm³/mol. The van der Waals surface area contributed by atoms with E-state index in [0.29, 0.717) is 0 Å². The molecular formula is C10H7BrN2O5S. The van der Waals surface area contributed by atoms with Crippen LogP contribution in [0.15, 0.2) is 44.6 Å². The van der Waals surface area contributed by atoms with Crippen LogP contribution in [0.5, 0.6) is 0 Å². The van der Waals surface area contributed by atoms with Crippen LogP contribution in [0.4, 0.5) is 5.69 Å². The van der Waals surface area contributed by atoms with Crippen LogP contribution in [0.2, 0.25) is 0 Å². The minimum Gasteiger partial charge on any atom is -0.475 e. The summed E-state index contributed by atoms with van der Waals surface area (Å²) in [5.74, 6) is -1.83. The van der Waals surface area contributed by atoms with Crippen molar-refractivity contribution in [2.45, 2.75) is 4.90 Å². The van der Waals surface area contributed by atoms with Gasteiger partial charge in [-0.1, -0.05) is 0 Å². The molecule has 2 rings (SSSR count). The zero-order valence-corrected chi connectivity index (χ0v) is 11.6. The Bertz CT molecular complexity index is 711. The number of carboxylic acid groups (broad SMARTS) is 1. The number of carbonyl (C=O) groups is 1. The number of anilines is 1. The molecule has 0 saturated carbocycles. The molecule has 0 unspecified atom stereocenters. The van der Waals surface area contributed by atoms with Gasteiger partial charge in [-0.15, -0.1) is 0 Å². The normalized spacial score (nSPS) is 11.2. The van der Waals surface area contributed by atoms with E-state index in [9.17, 15) is 13.2 Å². The largest absolute Gasteiger partial charge is 0.475 e. The van der Waals surface area contributed by atoms with E-state index in [-0.39, 0.29) is 15.3 Å². The number of halogens is 1. The van der Waals surface area contributed by atoms with Crippen molar-refractivity contribution in [3.8, 4) is 0 Å². The molecule has 0 atom stereocenters. The molecular weight excluding hydrogens is 340 g/mol. The molecule has 0 bridgehead atoms. The highest BCUT2D eigenvalue weighted by atomic mass is 79.9. The topological polar surface area (TPSA) is 110 Å². The second-order valence-corrected chi connectivity index (χ2v) is 5.77. The van der Waals surface area contributed by atoms with Crippen LogP contribution in [0.3, 0.4) is 0 Å². The van der Waals surface area contributed by atoms with Gasteiger partial charge >= 0.3 is 5.97 Å². The summed E-state index contributed by atoms with van der Waals surface area (Å²) in [5, 5.41) is 8.74. The lowest BCUT2D eigenvalue weighted by Crippen LogP contribution is -2.12. The summed E-state index contributed by atoms with van der Waals surface area (Å²) >= 11 is 2.87. The van der Waals surface area contributed by atoms with Crippen LogP contribution >= 0.6 is 15.9 Å². The van der Waals surface area contributed by atoms with Gasteiger partial charge in [-0.05, 0) is 28.1 Å². The highest BCUT2D eigenvalue weighted by molar-refractivity contribution is 9.10. The second-order valence-electron chi connectivity index (χ2n) is 3.40. The molecule has 0 saturated heterocycles. The number of carboxylic acids is 1. The van der Waals surface area contributed by atoms with Crippen molar-refractivity contribution in [1.29, 1.82) is 0 Å². The Morgan fingerprint density at radius 2 is 2.21 bits per heavy atom. The number of aromatic carboxylic acids is 1. The second kappa shape index (κ2) is 5.02. The molecule has 0 aliphatic carbocycles. The molecule has 2 aromatic rings. The summed E-state index contributed by atoms with van der Waals surface area (Å²) in [6.45, 7) is 0. The lowest BCUT2D eigenvalue weighted by molar-refractivity contribution is 0.0661. The van der Waals surface area contributed by atoms with Crippen molar-refractivity contribution in [2.24, 2.45) is 0 Å². The standard InChI is InChI=1S/C10H7BrN2O5S/c11-9-8(4-7(18-9)10(14)15)19(16,17)13-6-2-1-3-12-5-6/h1-5,13H,(H,14,15). The maximum Gasteiger partial charge on any atom is 0.371 e. The van der Waals surface area contributed by atoms with Gasteiger partial charge in [-0.3, -0.25) is 9.71 Å². The Morgan fingerprint density at radius 3 is 2.74 bits per heavy atom. The summed E-state index contributed by atoms with van der Waals surface area (Å²) in [4.78, 5) is 14.2. The molecule has 2 N–H and O–H groups in total. The number of nitrogens with zero attached hydrogens (tertiary/aromatic N) is 1. The number of hydrogen-bond donors (Lipinski definition) is 2. The Hall–Kier alpha value is -1.87. The minimum atomic E-state index is -3.95. The third-order valence-electron chi connectivity index (χ3n) is 2.07. The fourth-order valence-electron chi connectivity index (χ4n) is 1.27. The van der Waals surface area contributed by atoms with E-state index in [2.05, 4.69) is 25.6 Å². The molecule has 0 amide bonds. The SMILES string of the molecule is O=C(O)c1cc(S(=O)(=O)Nc2cccnc2)c(Br)o1. The number of hydrogen-bond acceptors (Lipinski definition) is 5. The zero-order valence-electron chi connectivity index (χ0n) is 9.20. The van der Waals surface area contributed by atoms with Crippen molar-refractivity contribution in [3.05, 3.63) is 41.0 Å². The van der Waals surface area contributed by atoms with E-state index in [0.717, 1.165) is 6.07 Å². The van der Waals surface area contributed by atoms with Gasteiger partial charge in [0.2, 0.25) is 5.76 Å². The Kier molecular flexibility index (Phi) is 3.58. The number of furan rings is 1. The summed E-state index contributed by atoms with van der Waals surface area (Å²) in [6, 6.07) is 3.99. The number of nitrogens with one attached hydrogen (secondary N) is 1. The number of rotatable bonds is 4. The van der Waals surface area contributed by atoms with Gasteiger partial charge in [0.05, 0.1) is 11.9 Å². The zero-order chi connectivity index (χ0) is 14.0. The van der Waals surface area contributed by atoms with Gasteiger partial charge in [0, 0.05) is 12.3 Å². The molecule has 0 aromatic carbocycles. The molecule has 2 aromatic heterocycles. The van der Waals surface area contributed by atoms with Crippen molar-refractivity contribution < 1.29 is 22.7 Å². The smallest absolute Gasteiger partial charge is 0.371 e. The third kappa shape index (κ3) is 2.93. The van der Waals surface area contributed by atoms with Crippen LogP contribution in [0, 0.1) is 0 Å². The van der Waals surface area contributed by atoms with Crippen LogP contribution in [0.1, 0.15) is 10.6 Å². The molecule has 2 heterocycles. The molecule has 0 spiro atoms. The van der Waals surface area contributed by atoms with E-state index in [1.165, 1.54) is 18.5 Å². The van der Waals surface area contributed by atoms with Gasteiger partial charge in [0.15, 0.2) is 4.67 Å². The quantitative estimate of drug-likeness (QED) is 0.875. The summed E-state index contributed by atoms with van der Waals surface area (Å²) in [7, 11) is -3.95. The Morgan fingerprint density at radius 1 is 1.47 bits per heavy atom. The minimum absolute atomic E-state index is 0.179. The number of sulfonamides is 1. The fraction of sp³-hybridized carbons (Fsp3) is 0. The van der Waals surface area contributed by atoms with Crippen molar-refractivity contribution >= 4 is 37.6 Å². The summed E-state index contributed by atoms with van der Waals surface area (Å²) in [6.07, 6.45) is 2.82. The molecule has 19 heavy (non-hydrogen) atoms. The average Bonchev–Trinajstić information content (AvgIpc) is 2.73. The lowest BCUT2D eigenvalue weighted by Gasteiger charge is -2.05. The highest BCUT2D eigenvalue weighted by Crippen LogP contribution is 2.27. The molecule has 0 radical (unpaired) electrons. The number of aromatic nitrogens is 1. The molecule has 100 valence electrons. The van der Waals surface area contributed by atoms with Crippen molar-refractivity contribution in [2.75, 3.05) is 4.72 Å². The fourth-order valence-corrected chi connectivity index (χ4v) is 3.26. The first kappa shape index (κ1) is 13.6. The lowest BCUT2D eigenvalue weighted by atomic mass is 10.4. The van der Waals surface area contributed by atoms with E-state index in [1.54, 1.807) is 6.07 Å². The van der Waals surface area contributed by atoms with Crippen LogP contribution in [-0.2, 0) is 10.0 Å². The monoisotopic (exact) mass is 346 g/mol. The first-order chi connectivity index (χ1) is 8.90. The van der Waals surface area contributed by atoms with Gasteiger partial charge in [0.25, 0.3) is 10.0 Å². The van der Waals surface area contributed by atoms with Gasteiger partial charge in [-0.2, -0.15) is 0 Å². The predicted octanol–water partition coefficient (Wildman–Crippen LogP) is 1.94. The van der Waals surface area contributed by atoms with E-state index < -0.39 is 21.8 Å². The Balaban J connectivity index is 2.37. The van der Waals surface area contributed by atoms with Crippen LogP contribution in [-0.4, -0.2) is 24.5 Å². The van der Waals surface area contributed by atoms with E-state index in [1.807, 2.05) is 0 Å². The van der Waals surface area contributed by atoms with E-state index >= 15 is 0 Å². The van der Waals surface area contributed by atoms with Gasteiger partial charge < -0.3 is 9.52 Å². The maximum absolute atomic E-state index is 12.0. The third-order valence-corrected chi connectivity index (χ3v) is 4.31. The molecule has 7 nitrogen and oxygen atoms in total. The molecule has 9 heteroatoms. The molecule has 0 fully saturated rings. The maximum atomic E-state index is 12.0. The Labute approximate surface area is 116 Å². The first-order valence-electron chi connectivity index (χ1n) is 4.85. The van der Waals surface area contributed by atoms with Crippen molar-refractivity contribution in [1.82, 2.24) is 4.98 Å². The van der Waals surface area contributed by atoms with Crippen molar-refractivity contribution in [3.63, 3.8) is 0 Å². The summed E-state index contributed by atoms with van der Waals surface area (Å²) in [5.41, 5.74) is 0.257. The average molecular weight is 347 g/mol.